The summed E-state index contributed by atoms with van der Waals surface area (Å²) in [5.41, 5.74) is 3.03. The number of hydrogen-bond acceptors (Lipinski definition) is 4. The minimum absolute atomic E-state index is 0.0537. The number of carbonyl (C=O) groups is 3. The number of amides is 2. The first-order valence-electron chi connectivity index (χ1n) is 9.49. The molecule has 1 aliphatic rings. The summed E-state index contributed by atoms with van der Waals surface area (Å²) in [4.78, 5) is 38.3. The number of rotatable bonds is 6. The van der Waals surface area contributed by atoms with Gasteiger partial charge in [-0.15, -0.1) is 0 Å². The summed E-state index contributed by atoms with van der Waals surface area (Å²) in [6, 6.07) is 14.4. The molecule has 0 bridgehead atoms. The van der Waals surface area contributed by atoms with Crippen molar-refractivity contribution in [3.05, 3.63) is 59.7 Å². The molecule has 1 aliphatic heterocycles. The number of aryl methyl sites for hydroxylation is 1. The highest BCUT2D eigenvalue weighted by Crippen LogP contribution is 2.26. The van der Waals surface area contributed by atoms with Gasteiger partial charge in [0, 0.05) is 24.3 Å². The minimum Gasteiger partial charge on any atom is -0.462 e. The van der Waals surface area contributed by atoms with Crippen LogP contribution < -0.4 is 10.2 Å². The normalized spacial score (nSPS) is 16.1. The first-order valence-corrected chi connectivity index (χ1v) is 9.49. The quantitative estimate of drug-likeness (QED) is 0.779. The Balaban J connectivity index is 1.62. The van der Waals surface area contributed by atoms with E-state index in [1.54, 1.807) is 36.1 Å². The number of ether oxygens (including phenoxy) is 1. The molecule has 2 amide bonds. The second-order valence-corrected chi connectivity index (χ2v) is 6.71. The lowest BCUT2D eigenvalue weighted by Gasteiger charge is -2.17. The van der Waals surface area contributed by atoms with Gasteiger partial charge in [-0.05, 0) is 55.3 Å². The number of esters is 1. The zero-order chi connectivity index (χ0) is 20.1. The van der Waals surface area contributed by atoms with E-state index in [0.29, 0.717) is 24.4 Å². The van der Waals surface area contributed by atoms with Crippen LogP contribution >= 0.6 is 0 Å². The Bertz CT molecular complexity index is 859. The zero-order valence-corrected chi connectivity index (χ0v) is 16.1. The van der Waals surface area contributed by atoms with Gasteiger partial charge in [-0.3, -0.25) is 9.59 Å². The molecule has 2 aromatic rings. The predicted molar refractivity (Wildman–Crippen MR) is 107 cm³/mol. The molecule has 1 N–H and O–H groups in total. The summed E-state index contributed by atoms with van der Waals surface area (Å²) in [6.45, 7) is 4.49. The van der Waals surface area contributed by atoms with Crippen LogP contribution in [0.3, 0.4) is 0 Å². The molecule has 0 radical (unpaired) electrons. The van der Waals surface area contributed by atoms with E-state index in [9.17, 15) is 14.4 Å². The predicted octanol–water partition coefficient (Wildman–Crippen LogP) is 3.42. The Hall–Kier alpha value is -3.15. The van der Waals surface area contributed by atoms with Gasteiger partial charge >= 0.3 is 5.97 Å². The fourth-order valence-electron chi connectivity index (χ4n) is 3.19. The van der Waals surface area contributed by atoms with Crippen molar-refractivity contribution in [1.29, 1.82) is 0 Å². The van der Waals surface area contributed by atoms with Gasteiger partial charge in [-0.25, -0.2) is 4.79 Å². The smallest absolute Gasteiger partial charge is 0.338 e. The number of benzene rings is 2. The van der Waals surface area contributed by atoms with Gasteiger partial charge < -0.3 is 15.0 Å². The van der Waals surface area contributed by atoms with Crippen molar-refractivity contribution >= 4 is 29.2 Å². The lowest BCUT2D eigenvalue weighted by atomic mass is 10.1. The molecule has 6 heteroatoms. The highest BCUT2D eigenvalue weighted by Gasteiger charge is 2.35. The van der Waals surface area contributed by atoms with Crippen LogP contribution in [0.4, 0.5) is 11.4 Å². The Morgan fingerprint density at radius 2 is 1.75 bits per heavy atom. The van der Waals surface area contributed by atoms with E-state index >= 15 is 0 Å². The Morgan fingerprint density at radius 3 is 2.36 bits per heavy atom. The van der Waals surface area contributed by atoms with Crippen molar-refractivity contribution in [3.8, 4) is 0 Å². The highest BCUT2D eigenvalue weighted by molar-refractivity contribution is 6.03. The van der Waals surface area contributed by atoms with Crippen LogP contribution in [0.1, 0.15) is 36.2 Å². The minimum atomic E-state index is -0.414. The van der Waals surface area contributed by atoms with Crippen molar-refractivity contribution < 1.29 is 19.1 Å². The lowest BCUT2D eigenvalue weighted by Crippen LogP contribution is -2.28. The maximum Gasteiger partial charge on any atom is 0.338 e. The molecular weight excluding hydrogens is 356 g/mol. The van der Waals surface area contributed by atoms with Gasteiger partial charge in [0.25, 0.3) is 0 Å². The third-order valence-electron chi connectivity index (χ3n) is 4.82. The van der Waals surface area contributed by atoms with Crippen LogP contribution in [0.5, 0.6) is 0 Å². The molecule has 2 aromatic carbocycles. The van der Waals surface area contributed by atoms with Crippen molar-refractivity contribution in [2.75, 3.05) is 23.4 Å². The number of anilines is 2. The molecule has 0 aromatic heterocycles. The van der Waals surface area contributed by atoms with Gasteiger partial charge in [0.2, 0.25) is 11.8 Å². The largest absolute Gasteiger partial charge is 0.462 e. The average molecular weight is 380 g/mol. The Morgan fingerprint density at radius 1 is 1.07 bits per heavy atom. The third-order valence-corrected chi connectivity index (χ3v) is 4.82. The van der Waals surface area contributed by atoms with Gasteiger partial charge in [0.1, 0.15) is 0 Å². The maximum absolute atomic E-state index is 12.6. The average Bonchev–Trinajstić information content (AvgIpc) is 3.10. The summed E-state index contributed by atoms with van der Waals surface area (Å²) >= 11 is 0. The molecule has 28 heavy (non-hydrogen) atoms. The standard InChI is InChI=1S/C22H24N2O4/c1-3-15-5-11-19(12-6-15)24-14-17(13-20(24)25)21(26)23-18-9-7-16(8-10-18)22(27)28-4-2/h5-12,17H,3-4,13-14H2,1-2H3,(H,23,26)/t17-/m0/s1. The molecule has 146 valence electrons. The molecular formula is C22H24N2O4. The first kappa shape index (κ1) is 19.6. The summed E-state index contributed by atoms with van der Waals surface area (Å²) in [5.74, 6) is -1.07. The number of nitrogens with one attached hydrogen (secondary N) is 1. The molecule has 3 rings (SSSR count). The monoisotopic (exact) mass is 380 g/mol. The van der Waals surface area contributed by atoms with E-state index in [-0.39, 0.29) is 18.2 Å². The molecule has 0 saturated carbocycles. The molecule has 1 saturated heterocycles. The molecule has 0 unspecified atom stereocenters. The van der Waals surface area contributed by atoms with E-state index in [1.165, 1.54) is 5.56 Å². The molecule has 0 spiro atoms. The summed E-state index contributed by atoms with van der Waals surface area (Å²) in [5, 5.41) is 2.82. The molecule has 6 nitrogen and oxygen atoms in total. The van der Waals surface area contributed by atoms with Gasteiger partial charge in [-0.1, -0.05) is 19.1 Å². The fraction of sp³-hybridized carbons (Fsp3) is 0.318. The van der Waals surface area contributed by atoms with Crippen molar-refractivity contribution in [3.63, 3.8) is 0 Å². The molecule has 0 aliphatic carbocycles. The molecule has 1 heterocycles. The van der Waals surface area contributed by atoms with Crippen LogP contribution in [0, 0.1) is 5.92 Å². The Kier molecular flexibility index (Phi) is 6.09. The molecule has 1 atom stereocenters. The van der Waals surface area contributed by atoms with Crippen molar-refractivity contribution in [1.82, 2.24) is 0 Å². The summed E-state index contributed by atoms with van der Waals surface area (Å²) < 4.78 is 4.94. The first-order chi connectivity index (χ1) is 13.5. The number of hydrogen-bond donors (Lipinski definition) is 1. The highest BCUT2D eigenvalue weighted by atomic mass is 16.5. The SMILES string of the molecule is CCOC(=O)c1ccc(NC(=O)[C@H]2CC(=O)N(c3ccc(CC)cc3)C2)cc1. The summed E-state index contributed by atoms with van der Waals surface area (Å²) in [7, 11) is 0. The second-order valence-electron chi connectivity index (χ2n) is 6.71. The van der Waals surface area contributed by atoms with E-state index in [4.69, 9.17) is 4.74 Å². The van der Waals surface area contributed by atoms with Crippen molar-refractivity contribution in [2.45, 2.75) is 26.7 Å². The maximum atomic E-state index is 12.6. The number of nitrogens with zero attached hydrogens (tertiary/aromatic N) is 1. The van der Waals surface area contributed by atoms with Crippen LogP contribution in [0.25, 0.3) is 0 Å². The van der Waals surface area contributed by atoms with Gasteiger partial charge in [0.05, 0.1) is 18.1 Å². The van der Waals surface area contributed by atoms with E-state index in [0.717, 1.165) is 12.1 Å². The van der Waals surface area contributed by atoms with E-state index < -0.39 is 11.9 Å². The van der Waals surface area contributed by atoms with Crippen LogP contribution in [-0.4, -0.2) is 30.9 Å². The lowest BCUT2D eigenvalue weighted by molar-refractivity contribution is -0.122. The Labute approximate surface area is 164 Å². The van der Waals surface area contributed by atoms with E-state index in [1.807, 2.05) is 24.3 Å². The fourth-order valence-corrected chi connectivity index (χ4v) is 3.19. The van der Waals surface area contributed by atoms with Gasteiger partial charge in [-0.2, -0.15) is 0 Å². The topological polar surface area (TPSA) is 75.7 Å². The van der Waals surface area contributed by atoms with Crippen molar-refractivity contribution in [2.24, 2.45) is 5.92 Å². The number of carbonyl (C=O) groups excluding carboxylic acids is 3. The van der Waals surface area contributed by atoms with Gasteiger partial charge in [0.15, 0.2) is 0 Å². The third kappa shape index (κ3) is 4.39. The van der Waals surface area contributed by atoms with Crippen LogP contribution in [-0.2, 0) is 20.7 Å². The van der Waals surface area contributed by atoms with E-state index in [2.05, 4.69) is 12.2 Å². The molecule has 1 fully saturated rings. The zero-order valence-electron chi connectivity index (χ0n) is 16.1. The second kappa shape index (κ2) is 8.69. The van der Waals surface area contributed by atoms with Crippen LogP contribution in [0.2, 0.25) is 0 Å². The van der Waals surface area contributed by atoms with Crippen LogP contribution in [0.15, 0.2) is 48.5 Å². The summed E-state index contributed by atoms with van der Waals surface area (Å²) in [6.07, 6.45) is 1.12.